The molecule has 1 saturated heterocycles. The zero-order chi connectivity index (χ0) is 11.0. The Bertz CT molecular complexity index is 327. The fraction of sp³-hybridized carbons (Fsp3) is 0.700. The molecule has 82 valence electrons. The third-order valence-corrected chi connectivity index (χ3v) is 3.25. The van der Waals surface area contributed by atoms with Gasteiger partial charge in [0.2, 0.25) is 0 Å². The Morgan fingerprint density at radius 2 is 1.87 bits per heavy atom. The van der Waals surface area contributed by atoms with E-state index in [2.05, 4.69) is 0 Å². The monoisotopic (exact) mass is 210 g/mol. The maximum absolute atomic E-state index is 11.5. The van der Waals surface area contributed by atoms with Gasteiger partial charge in [0, 0.05) is 6.04 Å². The van der Waals surface area contributed by atoms with Gasteiger partial charge in [0.1, 0.15) is 0 Å². The van der Waals surface area contributed by atoms with Crippen LogP contribution in [0.2, 0.25) is 0 Å². The average Bonchev–Trinajstić information content (AvgIpc) is 2.43. The van der Waals surface area contributed by atoms with Gasteiger partial charge >= 0.3 is 17.8 Å². The third kappa shape index (κ3) is 1.62. The van der Waals surface area contributed by atoms with E-state index in [1.807, 2.05) is 12.2 Å². The molecular weight excluding hydrogens is 196 g/mol. The number of hydrogen-bond acceptors (Lipinski definition) is 3. The van der Waals surface area contributed by atoms with Gasteiger partial charge in [-0.2, -0.15) is 0 Å². The van der Waals surface area contributed by atoms with Crippen LogP contribution in [-0.2, 0) is 9.59 Å². The van der Waals surface area contributed by atoms with E-state index in [0.29, 0.717) is 5.92 Å². The maximum Gasteiger partial charge on any atom is 0.331 e. The van der Waals surface area contributed by atoms with Gasteiger partial charge in [-0.3, -0.25) is 19.8 Å². The minimum Gasteiger partial charge on any atom is -0.269 e. The molecule has 4 amide bonds. The van der Waals surface area contributed by atoms with Crippen LogP contribution >= 0.6 is 0 Å². The number of imide groups is 2. The highest BCUT2D eigenvalue weighted by Crippen LogP contribution is 2.29. The van der Waals surface area contributed by atoms with E-state index in [1.165, 1.54) is 0 Å². The Kier molecular flexibility index (Phi) is 2.46. The smallest absolute Gasteiger partial charge is 0.269 e. The quantitative estimate of drug-likeness (QED) is 0.510. The van der Waals surface area contributed by atoms with E-state index in [9.17, 15) is 14.4 Å². The molecule has 1 heterocycles. The lowest BCUT2D eigenvalue weighted by atomic mass is 9.85. The first-order valence-corrected chi connectivity index (χ1v) is 5.29. The Hall–Kier alpha value is -1.39. The van der Waals surface area contributed by atoms with E-state index in [1.54, 1.807) is 0 Å². The van der Waals surface area contributed by atoms with Gasteiger partial charge in [0.15, 0.2) is 0 Å². The molecule has 5 nitrogen and oxygen atoms in total. The summed E-state index contributed by atoms with van der Waals surface area (Å²) in [5.74, 6) is -1.20. The summed E-state index contributed by atoms with van der Waals surface area (Å²) in [5.41, 5.74) is 0. The molecule has 1 N–H and O–H groups in total. The van der Waals surface area contributed by atoms with Crippen LogP contribution in [0.25, 0.3) is 0 Å². The SMILES string of the molecule is C[C@@H]1CCCC[C@@H]1N1C(=O)NC(=O)C1=O. The first-order chi connectivity index (χ1) is 7.11. The lowest BCUT2D eigenvalue weighted by Crippen LogP contribution is -2.45. The molecule has 0 radical (unpaired) electrons. The minimum absolute atomic E-state index is 0.0994. The van der Waals surface area contributed by atoms with Crippen molar-refractivity contribution in [3.05, 3.63) is 0 Å². The summed E-state index contributed by atoms with van der Waals surface area (Å²) in [6.07, 6.45) is 3.97. The number of carbonyl (C=O) groups excluding carboxylic acids is 3. The van der Waals surface area contributed by atoms with Gasteiger partial charge in [0.05, 0.1) is 0 Å². The number of rotatable bonds is 1. The molecule has 1 saturated carbocycles. The van der Waals surface area contributed by atoms with Crippen molar-refractivity contribution in [3.63, 3.8) is 0 Å². The predicted octanol–water partition coefficient (Wildman–Crippen LogP) is 0.643. The topological polar surface area (TPSA) is 66.5 Å². The number of nitrogens with zero attached hydrogens (tertiary/aromatic N) is 1. The van der Waals surface area contributed by atoms with Crippen LogP contribution in [0, 0.1) is 5.92 Å². The summed E-state index contributed by atoms with van der Waals surface area (Å²) < 4.78 is 0. The Labute approximate surface area is 87.8 Å². The van der Waals surface area contributed by atoms with E-state index >= 15 is 0 Å². The number of carbonyl (C=O) groups is 3. The molecule has 1 aliphatic carbocycles. The zero-order valence-corrected chi connectivity index (χ0v) is 8.66. The first-order valence-electron chi connectivity index (χ1n) is 5.29. The lowest BCUT2D eigenvalue weighted by molar-refractivity contribution is -0.141. The van der Waals surface area contributed by atoms with Crippen molar-refractivity contribution in [2.75, 3.05) is 0 Å². The van der Waals surface area contributed by atoms with Gasteiger partial charge in [-0.1, -0.05) is 19.8 Å². The summed E-state index contributed by atoms with van der Waals surface area (Å²) >= 11 is 0. The van der Waals surface area contributed by atoms with Crippen molar-refractivity contribution in [1.29, 1.82) is 0 Å². The van der Waals surface area contributed by atoms with Crippen LogP contribution < -0.4 is 5.32 Å². The summed E-state index contributed by atoms with van der Waals surface area (Å²) in [7, 11) is 0. The van der Waals surface area contributed by atoms with Crippen molar-refractivity contribution < 1.29 is 14.4 Å². The van der Waals surface area contributed by atoms with Crippen LogP contribution in [0.1, 0.15) is 32.6 Å². The molecule has 2 atom stereocenters. The molecule has 0 unspecified atom stereocenters. The maximum atomic E-state index is 11.5. The van der Waals surface area contributed by atoms with Crippen LogP contribution in [0.4, 0.5) is 4.79 Å². The van der Waals surface area contributed by atoms with Crippen molar-refractivity contribution in [3.8, 4) is 0 Å². The van der Waals surface area contributed by atoms with Crippen LogP contribution in [0.3, 0.4) is 0 Å². The third-order valence-electron chi connectivity index (χ3n) is 3.25. The minimum atomic E-state index is -0.794. The van der Waals surface area contributed by atoms with Gasteiger partial charge < -0.3 is 0 Å². The second-order valence-electron chi connectivity index (χ2n) is 4.26. The largest absolute Gasteiger partial charge is 0.331 e. The summed E-state index contributed by atoms with van der Waals surface area (Å²) in [6.45, 7) is 2.02. The summed E-state index contributed by atoms with van der Waals surface area (Å²) in [4.78, 5) is 35.0. The molecule has 15 heavy (non-hydrogen) atoms. The normalized spacial score (nSPS) is 32.1. The molecule has 0 aromatic heterocycles. The second-order valence-corrected chi connectivity index (χ2v) is 4.26. The Morgan fingerprint density at radius 1 is 1.20 bits per heavy atom. The molecule has 2 fully saturated rings. The zero-order valence-electron chi connectivity index (χ0n) is 8.66. The molecular formula is C10H14N2O3. The van der Waals surface area contributed by atoms with Gasteiger partial charge in [-0.15, -0.1) is 0 Å². The average molecular weight is 210 g/mol. The van der Waals surface area contributed by atoms with Crippen LogP contribution in [0.15, 0.2) is 0 Å². The van der Waals surface area contributed by atoms with Gasteiger partial charge in [-0.05, 0) is 18.8 Å². The summed E-state index contributed by atoms with van der Waals surface area (Å²) in [6, 6.07) is -0.651. The van der Waals surface area contributed by atoms with Gasteiger partial charge in [-0.25, -0.2) is 4.79 Å². The van der Waals surface area contributed by atoms with Crippen molar-refractivity contribution >= 4 is 17.8 Å². The lowest BCUT2D eigenvalue weighted by Gasteiger charge is -2.33. The highest BCUT2D eigenvalue weighted by atomic mass is 16.2. The molecule has 2 rings (SSSR count). The number of amides is 4. The van der Waals surface area contributed by atoms with Crippen LogP contribution in [-0.4, -0.2) is 28.8 Å². The molecule has 2 aliphatic rings. The van der Waals surface area contributed by atoms with E-state index in [-0.39, 0.29) is 6.04 Å². The van der Waals surface area contributed by atoms with E-state index in [4.69, 9.17) is 0 Å². The molecule has 0 aromatic rings. The number of urea groups is 1. The predicted molar refractivity (Wildman–Crippen MR) is 51.8 cm³/mol. The standard InChI is InChI=1S/C10H14N2O3/c1-6-4-2-3-5-7(6)12-9(14)8(13)11-10(12)15/h6-7H,2-5H2,1H3,(H,11,13,15)/t6-,7+/m1/s1. The number of nitrogens with one attached hydrogen (secondary N) is 1. The van der Waals surface area contributed by atoms with E-state index < -0.39 is 17.8 Å². The molecule has 1 aliphatic heterocycles. The fourth-order valence-corrected chi connectivity index (χ4v) is 2.39. The van der Waals surface area contributed by atoms with Gasteiger partial charge in [0.25, 0.3) is 0 Å². The Balaban J connectivity index is 2.18. The highest BCUT2D eigenvalue weighted by Gasteiger charge is 2.43. The van der Waals surface area contributed by atoms with E-state index in [0.717, 1.165) is 30.6 Å². The molecule has 0 spiro atoms. The van der Waals surface area contributed by atoms with Crippen molar-refractivity contribution in [1.82, 2.24) is 10.2 Å². The van der Waals surface area contributed by atoms with Crippen LogP contribution in [0.5, 0.6) is 0 Å². The second kappa shape index (κ2) is 3.64. The highest BCUT2D eigenvalue weighted by molar-refractivity contribution is 6.44. The first kappa shape index (κ1) is 10.1. The number of hydrogen-bond donors (Lipinski definition) is 1. The Morgan fingerprint density at radius 3 is 2.40 bits per heavy atom. The molecule has 0 bridgehead atoms. The molecule has 0 aromatic carbocycles. The fourth-order valence-electron chi connectivity index (χ4n) is 2.39. The van der Waals surface area contributed by atoms with Crippen molar-refractivity contribution in [2.45, 2.75) is 38.6 Å². The summed E-state index contributed by atoms with van der Waals surface area (Å²) in [5, 5.41) is 2.03. The van der Waals surface area contributed by atoms with Crippen molar-refractivity contribution in [2.24, 2.45) is 5.92 Å². The molecule has 5 heteroatoms.